The molecule has 0 aromatic carbocycles. The van der Waals surface area contributed by atoms with Gasteiger partial charge in [-0.3, -0.25) is 4.79 Å². The van der Waals surface area contributed by atoms with E-state index in [1.807, 2.05) is 25.4 Å². The Morgan fingerprint density at radius 3 is 2.80 bits per heavy atom. The average Bonchev–Trinajstić information content (AvgIpc) is 3.30. The minimum absolute atomic E-state index is 0.0332. The first kappa shape index (κ1) is 20.3. The van der Waals surface area contributed by atoms with Crippen LogP contribution in [-0.2, 0) is 24.2 Å². The van der Waals surface area contributed by atoms with Crippen molar-refractivity contribution >= 4 is 22.8 Å². The van der Waals surface area contributed by atoms with Crippen LogP contribution in [0.2, 0.25) is 0 Å². The van der Waals surface area contributed by atoms with E-state index >= 15 is 0 Å². The Kier molecular flexibility index (Phi) is 5.97. The molecule has 1 aliphatic heterocycles. The lowest BCUT2D eigenvalue weighted by molar-refractivity contribution is -0.135. The summed E-state index contributed by atoms with van der Waals surface area (Å²) in [5, 5.41) is 0. The largest absolute Gasteiger partial charge is 0.467 e. The van der Waals surface area contributed by atoms with Crippen LogP contribution in [0.3, 0.4) is 0 Å². The highest BCUT2D eigenvalue weighted by molar-refractivity contribution is 5.80. The van der Waals surface area contributed by atoms with E-state index in [2.05, 4.69) is 29.8 Å². The van der Waals surface area contributed by atoms with E-state index in [-0.39, 0.29) is 11.8 Å². The van der Waals surface area contributed by atoms with Gasteiger partial charge in [0.15, 0.2) is 5.65 Å². The number of fused-ring (bicyclic) bond motifs is 1. The molecule has 3 aromatic rings. The predicted molar refractivity (Wildman–Crippen MR) is 116 cm³/mol. The van der Waals surface area contributed by atoms with E-state index in [1.165, 1.54) is 0 Å². The molecule has 1 fully saturated rings. The summed E-state index contributed by atoms with van der Waals surface area (Å²) < 4.78 is 5.38. The lowest BCUT2D eigenvalue weighted by Crippen LogP contribution is -2.43. The average molecular weight is 408 g/mol. The third-order valence-corrected chi connectivity index (χ3v) is 5.82. The SMILES string of the molecule is CCc1nc2cc(N3CCCC(C(=O)N(C)Cc4ccco4)C3)cnc2nc1CC. The van der Waals surface area contributed by atoms with Crippen LogP contribution < -0.4 is 4.90 Å². The van der Waals surface area contributed by atoms with Gasteiger partial charge in [-0.25, -0.2) is 15.0 Å². The number of furan rings is 1. The Bertz CT molecular complexity index is 1020. The topological polar surface area (TPSA) is 75.4 Å². The molecule has 1 atom stereocenters. The zero-order valence-corrected chi connectivity index (χ0v) is 18.0. The first-order chi connectivity index (χ1) is 14.6. The molecule has 0 spiro atoms. The third-order valence-electron chi connectivity index (χ3n) is 5.82. The Labute approximate surface area is 177 Å². The van der Waals surface area contributed by atoms with Gasteiger partial charge in [-0.2, -0.15) is 0 Å². The van der Waals surface area contributed by atoms with Crippen molar-refractivity contribution in [2.75, 3.05) is 25.0 Å². The highest BCUT2D eigenvalue weighted by atomic mass is 16.3. The molecule has 0 aliphatic carbocycles. The van der Waals surface area contributed by atoms with Gasteiger partial charge in [-0.15, -0.1) is 0 Å². The monoisotopic (exact) mass is 407 g/mol. The van der Waals surface area contributed by atoms with Crippen LogP contribution in [0.5, 0.6) is 0 Å². The number of rotatable bonds is 6. The Balaban J connectivity index is 1.51. The van der Waals surface area contributed by atoms with Crippen molar-refractivity contribution in [1.29, 1.82) is 0 Å². The number of hydrogen-bond acceptors (Lipinski definition) is 6. The number of hydrogen-bond donors (Lipinski definition) is 0. The molecule has 3 aromatic heterocycles. The zero-order valence-electron chi connectivity index (χ0n) is 18.0. The standard InChI is InChI=1S/C23H29N5O2/c1-4-19-20(5-2)26-22-21(25-19)12-17(13-24-22)28-10-6-8-16(14-28)23(29)27(3)15-18-9-7-11-30-18/h7,9,11-13,16H,4-6,8,10,14-15H2,1-3H3. The molecule has 0 bridgehead atoms. The summed E-state index contributed by atoms with van der Waals surface area (Å²) in [6.45, 7) is 6.30. The summed E-state index contributed by atoms with van der Waals surface area (Å²) in [7, 11) is 1.84. The van der Waals surface area contributed by atoms with Crippen LogP contribution in [0.1, 0.15) is 43.8 Å². The molecule has 7 heteroatoms. The molecule has 0 radical (unpaired) electrons. The summed E-state index contributed by atoms with van der Waals surface area (Å²) >= 11 is 0. The smallest absolute Gasteiger partial charge is 0.227 e. The maximum atomic E-state index is 13.0. The molecule has 0 N–H and O–H groups in total. The van der Waals surface area contributed by atoms with Gasteiger partial charge in [0.2, 0.25) is 5.91 Å². The second-order valence-corrected chi connectivity index (χ2v) is 7.92. The normalized spacial score (nSPS) is 16.8. The highest BCUT2D eigenvalue weighted by Gasteiger charge is 2.29. The second kappa shape index (κ2) is 8.81. The first-order valence-electron chi connectivity index (χ1n) is 10.8. The molecule has 7 nitrogen and oxygen atoms in total. The van der Waals surface area contributed by atoms with Crippen LogP contribution in [0, 0.1) is 5.92 Å². The Morgan fingerprint density at radius 2 is 2.07 bits per heavy atom. The molecule has 1 unspecified atom stereocenters. The fraction of sp³-hybridized carbons (Fsp3) is 0.478. The number of piperidine rings is 1. The molecule has 4 heterocycles. The molecule has 4 rings (SSSR count). The van der Waals surface area contributed by atoms with Crippen LogP contribution in [-0.4, -0.2) is 45.9 Å². The molecule has 30 heavy (non-hydrogen) atoms. The van der Waals surface area contributed by atoms with E-state index in [1.54, 1.807) is 11.2 Å². The number of nitrogens with zero attached hydrogens (tertiary/aromatic N) is 5. The molecule has 158 valence electrons. The van der Waals surface area contributed by atoms with Crippen molar-refractivity contribution in [2.45, 2.75) is 46.1 Å². The number of aryl methyl sites for hydroxylation is 2. The summed E-state index contributed by atoms with van der Waals surface area (Å²) in [4.78, 5) is 31.1. The molecule has 1 saturated heterocycles. The molecular formula is C23H29N5O2. The quantitative estimate of drug-likeness (QED) is 0.621. The minimum Gasteiger partial charge on any atom is -0.467 e. The molecular weight excluding hydrogens is 378 g/mol. The number of pyridine rings is 1. The number of amides is 1. The van der Waals surface area contributed by atoms with Crippen LogP contribution in [0.4, 0.5) is 5.69 Å². The van der Waals surface area contributed by atoms with Gasteiger partial charge in [-0.1, -0.05) is 13.8 Å². The van der Waals surface area contributed by atoms with Crippen molar-refractivity contribution < 1.29 is 9.21 Å². The van der Waals surface area contributed by atoms with Crippen molar-refractivity contribution in [3.8, 4) is 0 Å². The first-order valence-corrected chi connectivity index (χ1v) is 10.8. The van der Waals surface area contributed by atoms with Crippen LogP contribution in [0.25, 0.3) is 11.2 Å². The summed E-state index contributed by atoms with van der Waals surface area (Å²) in [6, 6.07) is 5.81. The maximum Gasteiger partial charge on any atom is 0.227 e. The zero-order chi connectivity index (χ0) is 21.1. The predicted octanol–water partition coefficient (Wildman–Crippen LogP) is 3.62. The second-order valence-electron chi connectivity index (χ2n) is 7.92. The van der Waals surface area contributed by atoms with E-state index in [0.717, 1.165) is 60.6 Å². The van der Waals surface area contributed by atoms with Gasteiger partial charge in [0.25, 0.3) is 0 Å². The number of anilines is 1. The Hall–Kier alpha value is -2.96. The van der Waals surface area contributed by atoms with Gasteiger partial charge in [0.1, 0.15) is 11.3 Å². The maximum absolute atomic E-state index is 13.0. The van der Waals surface area contributed by atoms with E-state index in [0.29, 0.717) is 18.7 Å². The van der Waals surface area contributed by atoms with Gasteiger partial charge in [0.05, 0.1) is 42.0 Å². The van der Waals surface area contributed by atoms with Crippen molar-refractivity contribution in [1.82, 2.24) is 19.9 Å². The lowest BCUT2D eigenvalue weighted by atomic mass is 9.96. The van der Waals surface area contributed by atoms with Crippen molar-refractivity contribution in [2.24, 2.45) is 5.92 Å². The lowest BCUT2D eigenvalue weighted by Gasteiger charge is -2.35. The molecule has 1 amide bonds. The van der Waals surface area contributed by atoms with Crippen molar-refractivity contribution in [3.63, 3.8) is 0 Å². The van der Waals surface area contributed by atoms with Crippen LogP contribution >= 0.6 is 0 Å². The number of aromatic nitrogens is 3. The Morgan fingerprint density at radius 1 is 1.27 bits per heavy atom. The number of carbonyl (C=O) groups excluding carboxylic acids is 1. The van der Waals surface area contributed by atoms with E-state index < -0.39 is 0 Å². The van der Waals surface area contributed by atoms with Crippen LogP contribution in [0.15, 0.2) is 35.1 Å². The summed E-state index contributed by atoms with van der Waals surface area (Å²) in [6.07, 6.45) is 7.10. The van der Waals surface area contributed by atoms with Gasteiger partial charge >= 0.3 is 0 Å². The number of carbonyl (C=O) groups is 1. The third kappa shape index (κ3) is 4.15. The summed E-state index contributed by atoms with van der Waals surface area (Å²) in [5.41, 5.74) is 4.58. The fourth-order valence-corrected chi connectivity index (χ4v) is 4.18. The van der Waals surface area contributed by atoms with E-state index in [9.17, 15) is 4.79 Å². The summed E-state index contributed by atoms with van der Waals surface area (Å²) in [5.74, 6) is 0.925. The van der Waals surface area contributed by atoms with Gasteiger partial charge < -0.3 is 14.2 Å². The molecule has 0 saturated carbocycles. The van der Waals surface area contributed by atoms with E-state index in [4.69, 9.17) is 14.4 Å². The molecule has 1 aliphatic rings. The van der Waals surface area contributed by atoms with Crippen molar-refractivity contribution in [3.05, 3.63) is 47.8 Å². The fourth-order valence-electron chi connectivity index (χ4n) is 4.18. The minimum atomic E-state index is -0.0332. The van der Waals surface area contributed by atoms with Gasteiger partial charge in [-0.05, 0) is 43.9 Å². The highest BCUT2D eigenvalue weighted by Crippen LogP contribution is 2.26. The van der Waals surface area contributed by atoms with Gasteiger partial charge in [0, 0.05) is 20.1 Å².